The lowest BCUT2D eigenvalue weighted by Gasteiger charge is -2.37. The van der Waals surface area contributed by atoms with Crippen molar-refractivity contribution in [1.82, 2.24) is 20.2 Å². The maximum absolute atomic E-state index is 6.04. The van der Waals surface area contributed by atoms with Crippen LogP contribution in [0.5, 0.6) is 0 Å². The highest BCUT2D eigenvalue weighted by atomic mass is 15.2. The van der Waals surface area contributed by atoms with Crippen molar-refractivity contribution in [3.8, 4) is 0 Å². The molecule has 0 radical (unpaired) electrons. The van der Waals surface area contributed by atoms with Crippen LogP contribution < -0.4 is 11.1 Å². The van der Waals surface area contributed by atoms with Crippen molar-refractivity contribution >= 4 is 16.7 Å². The summed E-state index contributed by atoms with van der Waals surface area (Å²) >= 11 is 0. The largest absolute Gasteiger partial charge is 0.383 e. The molecule has 0 aliphatic carbocycles. The quantitative estimate of drug-likeness (QED) is 0.864. The molecule has 1 saturated heterocycles. The van der Waals surface area contributed by atoms with E-state index in [0.29, 0.717) is 17.9 Å². The van der Waals surface area contributed by atoms with Crippen molar-refractivity contribution in [2.24, 2.45) is 0 Å². The molecule has 2 unspecified atom stereocenters. The lowest BCUT2D eigenvalue weighted by atomic mass is 10.1. The smallest absolute Gasteiger partial charge is 0.145 e. The van der Waals surface area contributed by atoms with Gasteiger partial charge in [-0.1, -0.05) is 12.1 Å². The first-order chi connectivity index (χ1) is 9.63. The molecule has 0 bridgehead atoms. The van der Waals surface area contributed by atoms with E-state index in [9.17, 15) is 0 Å². The summed E-state index contributed by atoms with van der Waals surface area (Å²) in [5.74, 6) is 1.38. The molecular formula is C15H21N5. The summed E-state index contributed by atoms with van der Waals surface area (Å²) < 4.78 is 0. The van der Waals surface area contributed by atoms with Gasteiger partial charge in [-0.25, -0.2) is 9.97 Å². The van der Waals surface area contributed by atoms with E-state index in [2.05, 4.69) is 34.0 Å². The molecule has 20 heavy (non-hydrogen) atoms. The number of rotatable bonds is 2. The third-order valence-electron chi connectivity index (χ3n) is 3.92. The van der Waals surface area contributed by atoms with E-state index in [-0.39, 0.29) is 0 Å². The Morgan fingerprint density at radius 1 is 1.30 bits per heavy atom. The van der Waals surface area contributed by atoms with Gasteiger partial charge in [0, 0.05) is 30.6 Å². The molecule has 3 rings (SSSR count). The van der Waals surface area contributed by atoms with Crippen LogP contribution in [0.15, 0.2) is 24.3 Å². The number of hydrogen-bond donors (Lipinski definition) is 2. The van der Waals surface area contributed by atoms with Crippen molar-refractivity contribution in [2.45, 2.75) is 32.5 Å². The number of nitrogen functional groups attached to an aromatic ring is 1. The lowest BCUT2D eigenvalue weighted by molar-refractivity contribution is 0.135. The van der Waals surface area contributed by atoms with Crippen LogP contribution in [-0.2, 0) is 6.54 Å². The average Bonchev–Trinajstić information content (AvgIpc) is 2.43. The standard InChI is InChI=1S/C15H21N5/c1-10-8-20(11(2)7-17-10)9-14-18-13-6-4-3-5-12(13)15(16)19-14/h3-6,10-11,17H,7-9H2,1-2H3,(H2,16,18,19). The number of aromatic nitrogens is 2. The summed E-state index contributed by atoms with van der Waals surface area (Å²) in [4.78, 5) is 11.5. The van der Waals surface area contributed by atoms with Gasteiger partial charge in [0.25, 0.3) is 0 Å². The highest BCUT2D eigenvalue weighted by molar-refractivity contribution is 5.87. The van der Waals surface area contributed by atoms with E-state index >= 15 is 0 Å². The van der Waals surface area contributed by atoms with Crippen LogP contribution in [0.25, 0.3) is 10.9 Å². The maximum Gasteiger partial charge on any atom is 0.145 e. The highest BCUT2D eigenvalue weighted by Gasteiger charge is 2.23. The van der Waals surface area contributed by atoms with Gasteiger partial charge < -0.3 is 11.1 Å². The molecular weight excluding hydrogens is 250 g/mol. The van der Waals surface area contributed by atoms with Crippen LogP contribution >= 0.6 is 0 Å². The van der Waals surface area contributed by atoms with Gasteiger partial charge in [-0.15, -0.1) is 0 Å². The molecule has 2 aromatic rings. The van der Waals surface area contributed by atoms with Crippen LogP contribution in [0.1, 0.15) is 19.7 Å². The third kappa shape index (κ3) is 2.59. The van der Waals surface area contributed by atoms with Gasteiger partial charge in [0.2, 0.25) is 0 Å². The molecule has 0 amide bonds. The molecule has 1 fully saturated rings. The molecule has 1 aromatic heterocycles. The fourth-order valence-electron chi connectivity index (χ4n) is 2.72. The van der Waals surface area contributed by atoms with Gasteiger partial charge in [-0.2, -0.15) is 0 Å². The first-order valence-corrected chi connectivity index (χ1v) is 7.12. The number of nitrogens with zero attached hydrogens (tertiary/aromatic N) is 3. The molecule has 0 saturated carbocycles. The fraction of sp³-hybridized carbons (Fsp3) is 0.467. The third-order valence-corrected chi connectivity index (χ3v) is 3.92. The van der Waals surface area contributed by atoms with Crippen molar-refractivity contribution in [1.29, 1.82) is 0 Å². The topological polar surface area (TPSA) is 67.1 Å². The molecule has 0 spiro atoms. The summed E-state index contributed by atoms with van der Waals surface area (Å²) in [5, 5.41) is 4.41. The van der Waals surface area contributed by atoms with Gasteiger partial charge in [-0.05, 0) is 26.0 Å². The first kappa shape index (κ1) is 13.3. The average molecular weight is 271 g/mol. The van der Waals surface area contributed by atoms with E-state index in [1.807, 2.05) is 24.3 Å². The number of nitrogens with one attached hydrogen (secondary N) is 1. The number of fused-ring (bicyclic) bond motifs is 1. The molecule has 2 atom stereocenters. The second-order valence-corrected chi connectivity index (χ2v) is 5.63. The van der Waals surface area contributed by atoms with Crippen molar-refractivity contribution in [3.05, 3.63) is 30.1 Å². The van der Waals surface area contributed by atoms with E-state index in [4.69, 9.17) is 5.73 Å². The van der Waals surface area contributed by atoms with Crippen molar-refractivity contribution in [3.63, 3.8) is 0 Å². The monoisotopic (exact) mass is 271 g/mol. The summed E-state index contributed by atoms with van der Waals surface area (Å²) in [6.07, 6.45) is 0. The Kier molecular flexibility index (Phi) is 3.54. The predicted molar refractivity (Wildman–Crippen MR) is 81.3 cm³/mol. The number of hydrogen-bond acceptors (Lipinski definition) is 5. The Morgan fingerprint density at radius 3 is 2.95 bits per heavy atom. The molecule has 5 nitrogen and oxygen atoms in total. The Balaban J connectivity index is 1.87. The van der Waals surface area contributed by atoms with Crippen LogP contribution in [-0.4, -0.2) is 40.0 Å². The number of piperazine rings is 1. The SMILES string of the molecule is CC1CN(Cc2nc(N)c3ccccc3n2)C(C)CN1. The summed E-state index contributed by atoms with van der Waals surface area (Å²) in [7, 11) is 0. The van der Waals surface area contributed by atoms with E-state index in [1.54, 1.807) is 0 Å². The van der Waals surface area contributed by atoms with Gasteiger partial charge >= 0.3 is 0 Å². The zero-order chi connectivity index (χ0) is 14.1. The van der Waals surface area contributed by atoms with E-state index in [0.717, 1.165) is 36.4 Å². The zero-order valence-electron chi connectivity index (χ0n) is 12.0. The molecule has 1 aliphatic heterocycles. The fourth-order valence-corrected chi connectivity index (χ4v) is 2.72. The Labute approximate surface area is 119 Å². The van der Waals surface area contributed by atoms with Crippen LogP contribution in [0.2, 0.25) is 0 Å². The molecule has 3 N–H and O–H groups in total. The highest BCUT2D eigenvalue weighted by Crippen LogP contribution is 2.18. The number of nitrogens with two attached hydrogens (primary N) is 1. The maximum atomic E-state index is 6.04. The Bertz CT molecular complexity index is 612. The second-order valence-electron chi connectivity index (χ2n) is 5.63. The van der Waals surface area contributed by atoms with E-state index in [1.165, 1.54) is 0 Å². The number of benzene rings is 1. The van der Waals surface area contributed by atoms with Gasteiger partial charge in [-0.3, -0.25) is 4.90 Å². The van der Waals surface area contributed by atoms with E-state index < -0.39 is 0 Å². The molecule has 1 aliphatic rings. The normalized spacial score (nSPS) is 24.1. The first-order valence-electron chi connectivity index (χ1n) is 7.12. The van der Waals surface area contributed by atoms with Crippen molar-refractivity contribution in [2.75, 3.05) is 18.8 Å². The van der Waals surface area contributed by atoms with Gasteiger partial charge in [0.1, 0.15) is 11.6 Å². The molecule has 2 heterocycles. The lowest BCUT2D eigenvalue weighted by Crippen LogP contribution is -2.53. The number of anilines is 1. The Morgan fingerprint density at radius 2 is 2.10 bits per heavy atom. The molecule has 106 valence electrons. The minimum absolute atomic E-state index is 0.488. The Hall–Kier alpha value is -1.72. The second kappa shape index (κ2) is 5.34. The van der Waals surface area contributed by atoms with Gasteiger partial charge in [0.05, 0.1) is 12.1 Å². The minimum Gasteiger partial charge on any atom is -0.383 e. The van der Waals surface area contributed by atoms with Crippen LogP contribution in [0.3, 0.4) is 0 Å². The van der Waals surface area contributed by atoms with Crippen LogP contribution in [0.4, 0.5) is 5.82 Å². The van der Waals surface area contributed by atoms with Crippen molar-refractivity contribution < 1.29 is 0 Å². The minimum atomic E-state index is 0.488. The van der Waals surface area contributed by atoms with Crippen LogP contribution in [0, 0.1) is 0 Å². The predicted octanol–water partition coefficient (Wildman–Crippen LogP) is 1.39. The van der Waals surface area contributed by atoms with Gasteiger partial charge in [0.15, 0.2) is 0 Å². The summed E-state index contributed by atoms with van der Waals surface area (Å²) in [5.41, 5.74) is 6.96. The summed E-state index contributed by atoms with van der Waals surface area (Å²) in [6, 6.07) is 8.88. The molecule has 1 aromatic carbocycles. The zero-order valence-corrected chi connectivity index (χ0v) is 12.0. The number of para-hydroxylation sites is 1. The summed E-state index contributed by atoms with van der Waals surface area (Å²) in [6.45, 7) is 7.20. The molecule has 5 heteroatoms.